The van der Waals surface area contributed by atoms with Crippen LogP contribution in [-0.4, -0.2) is 17.6 Å². The zero-order chi connectivity index (χ0) is 15.0. The summed E-state index contributed by atoms with van der Waals surface area (Å²) in [5.74, 6) is 5.99. The van der Waals surface area contributed by atoms with Crippen molar-refractivity contribution in [1.29, 1.82) is 0 Å². The van der Waals surface area contributed by atoms with Gasteiger partial charge in [0.25, 0.3) is 0 Å². The molecule has 108 valence electrons. The fraction of sp³-hybridized carbons (Fsp3) is 0.471. The van der Waals surface area contributed by atoms with Crippen LogP contribution in [0.5, 0.6) is 0 Å². The Morgan fingerprint density at radius 3 is 2.65 bits per heavy atom. The van der Waals surface area contributed by atoms with E-state index in [-0.39, 0.29) is 18.4 Å². The van der Waals surface area contributed by atoms with E-state index in [1.165, 1.54) is 0 Å². The summed E-state index contributed by atoms with van der Waals surface area (Å²) in [6.07, 6.45) is 2.15. The molecule has 0 aliphatic heterocycles. The number of carbonyl (C=O) groups is 1. The van der Waals surface area contributed by atoms with Gasteiger partial charge in [-0.25, -0.2) is 0 Å². The minimum atomic E-state index is 0.0542. The average molecular weight is 273 g/mol. The number of rotatable bonds is 5. The van der Waals surface area contributed by atoms with Gasteiger partial charge in [0.05, 0.1) is 6.61 Å². The fourth-order valence-electron chi connectivity index (χ4n) is 1.95. The molecule has 3 nitrogen and oxygen atoms in total. The highest BCUT2D eigenvalue weighted by Gasteiger charge is 2.14. The number of nitrogens with one attached hydrogen (secondary N) is 1. The third-order valence-corrected chi connectivity index (χ3v) is 3.32. The topological polar surface area (TPSA) is 49.3 Å². The van der Waals surface area contributed by atoms with E-state index >= 15 is 0 Å². The molecular weight excluding hydrogens is 250 g/mol. The molecule has 1 rings (SSSR count). The van der Waals surface area contributed by atoms with Crippen LogP contribution in [0.2, 0.25) is 0 Å². The summed E-state index contributed by atoms with van der Waals surface area (Å²) < 4.78 is 0. The van der Waals surface area contributed by atoms with Gasteiger partial charge in [-0.15, -0.1) is 0 Å². The minimum Gasteiger partial charge on any atom is -0.395 e. The Kier molecular flexibility index (Phi) is 6.83. The Labute approximate surface area is 121 Å². The van der Waals surface area contributed by atoms with E-state index in [1.807, 2.05) is 39.0 Å². The number of carbonyl (C=O) groups excluding carboxylic acids is 1. The van der Waals surface area contributed by atoms with Crippen LogP contribution in [0.25, 0.3) is 0 Å². The third kappa shape index (κ3) is 4.71. The molecule has 0 aliphatic carbocycles. The molecule has 20 heavy (non-hydrogen) atoms. The van der Waals surface area contributed by atoms with E-state index in [4.69, 9.17) is 5.11 Å². The zero-order valence-corrected chi connectivity index (χ0v) is 12.5. The molecule has 0 bridgehead atoms. The van der Waals surface area contributed by atoms with E-state index in [0.29, 0.717) is 6.42 Å². The summed E-state index contributed by atoms with van der Waals surface area (Å²) >= 11 is 0. The van der Waals surface area contributed by atoms with Crippen LogP contribution in [0, 0.1) is 24.7 Å². The van der Waals surface area contributed by atoms with Crippen LogP contribution in [0.4, 0.5) is 5.69 Å². The smallest absolute Gasteiger partial charge is 0.227 e. The highest BCUT2D eigenvalue weighted by molar-refractivity contribution is 5.93. The predicted octanol–water partition coefficient (Wildman–Crippen LogP) is 3.10. The van der Waals surface area contributed by atoms with Gasteiger partial charge in [0.15, 0.2) is 0 Å². The fourth-order valence-corrected chi connectivity index (χ4v) is 1.95. The molecule has 0 aromatic heterocycles. The van der Waals surface area contributed by atoms with Gasteiger partial charge in [0, 0.05) is 23.6 Å². The second kappa shape index (κ2) is 8.39. The Morgan fingerprint density at radius 1 is 1.35 bits per heavy atom. The second-order valence-electron chi connectivity index (χ2n) is 4.81. The SMILES string of the molecule is CCC(CC)C(=O)Nc1cc(C#CCCO)ccc1C. The quantitative estimate of drug-likeness (QED) is 0.810. The van der Waals surface area contributed by atoms with Crippen molar-refractivity contribution in [3.8, 4) is 11.8 Å². The van der Waals surface area contributed by atoms with Crippen LogP contribution in [0.1, 0.15) is 44.2 Å². The molecule has 0 radical (unpaired) electrons. The molecule has 0 unspecified atom stereocenters. The van der Waals surface area contributed by atoms with Gasteiger partial charge in [-0.1, -0.05) is 31.8 Å². The third-order valence-electron chi connectivity index (χ3n) is 3.32. The molecule has 0 atom stereocenters. The molecule has 0 saturated carbocycles. The Bertz CT molecular complexity index is 507. The van der Waals surface area contributed by atoms with E-state index in [1.54, 1.807) is 0 Å². The first kappa shape index (κ1) is 16.3. The van der Waals surface area contributed by atoms with Gasteiger partial charge in [-0.2, -0.15) is 0 Å². The summed E-state index contributed by atoms with van der Waals surface area (Å²) in [6.45, 7) is 6.08. The first-order valence-corrected chi connectivity index (χ1v) is 7.13. The molecule has 0 fully saturated rings. The molecule has 1 amide bonds. The van der Waals surface area contributed by atoms with Crippen LogP contribution >= 0.6 is 0 Å². The van der Waals surface area contributed by atoms with E-state index in [0.717, 1.165) is 29.7 Å². The molecule has 1 aromatic rings. The largest absolute Gasteiger partial charge is 0.395 e. The number of aliphatic hydroxyl groups is 1. The minimum absolute atomic E-state index is 0.0542. The van der Waals surface area contributed by atoms with E-state index < -0.39 is 0 Å². The van der Waals surface area contributed by atoms with Crippen molar-refractivity contribution < 1.29 is 9.90 Å². The summed E-state index contributed by atoms with van der Waals surface area (Å²) in [7, 11) is 0. The lowest BCUT2D eigenvalue weighted by Crippen LogP contribution is -2.22. The molecule has 1 aromatic carbocycles. The Hall–Kier alpha value is -1.79. The maximum atomic E-state index is 12.1. The first-order valence-electron chi connectivity index (χ1n) is 7.13. The highest BCUT2D eigenvalue weighted by atomic mass is 16.2. The molecular formula is C17H23NO2. The van der Waals surface area contributed by atoms with Crippen molar-refractivity contribution in [2.24, 2.45) is 5.92 Å². The molecule has 0 aliphatic rings. The van der Waals surface area contributed by atoms with Crippen LogP contribution in [-0.2, 0) is 4.79 Å². The van der Waals surface area contributed by atoms with Crippen molar-refractivity contribution in [1.82, 2.24) is 0 Å². The zero-order valence-electron chi connectivity index (χ0n) is 12.5. The predicted molar refractivity (Wildman–Crippen MR) is 82.5 cm³/mol. The highest BCUT2D eigenvalue weighted by Crippen LogP contribution is 2.19. The van der Waals surface area contributed by atoms with Crippen molar-refractivity contribution in [2.45, 2.75) is 40.0 Å². The standard InChI is InChI=1S/C17H23NO2/c1-4-15(5-2)17(20)18-16-12-14(8-6-7-11-19)10-9-13(16)3/h9-10,12,15,19H,4-5,7,11H2,1-3H3,(H,18,20). The van der Waals surface area contributed by atoms with Crippen molar-refractivity contribution in [3.05, 3.63) is 29.3 Å². The normalized spacial score (nSPS) is 10.1. The Balaban J connectivity index is 2.87. The molecule has 0 heterocycles. The van der Waals surface area contributed by atoms with Crippen LogP contribution < -0.4 is 5.32 Å². The summed E-state index contributed by atoms with van der Waals surface area (Å²) in [4.78, 5) is 12.1. The number of anilines is 1. The van der Waals surface area contributed by atoms with Gasteiger partial charge < -0.3 is 10.4 Å². The number of aliphatic hydroxyl groups excluding tert-OH is 1. The number of aryl methyl sites for hydroxylation is 1. The average Bonchev–Trinajstić information content (AvgIpc) is 2.44. The van der Waals surface area contributed by atoms with Crippen LogP contribution in [0.15, 0.2) is 18.2 Å². The molecule has 2 N–H and O–H groups in total. The number of hydrogen-bond acceptors (Lipinski definition) is 2. The lowest BCUT2D eigenvalue weighted by Gasteiger charge is -2.14. The van der Waals surface area contributed by atoms with Gasteiger partial charge in [0.1, 0.15) is 0 Å². The number of amides is 1. The van der Waals surface area contributed by atoms with E-state index in [2.05, 4.69) is 17.2 Å². The molecule has 0 saturated heterocycles. The number of benzene rings is 1. The van der Waals surface area contributed by atoms with Crippen molar-refractivity contribution in [3.63, 3.8) is 0 Å². The van der Waals surface area contributed by atoms with Gasteiger partial charge in [-0.3, -0.25) is 4.79 Å². The van der Waals surface area contributed by atoms with Crippen molar-refractivity contribution in [2.75, 3.05) is 11.9 Å². The summed E-state index contributed by atoms with van der Waals surface area (Å²) in [5.41, 5.74) is 2.69. The van der Waals surface area contributed by atoms with Gasteiger partial charge >= 0.3 is 0 Å². The second-order valence-corrected chi connectivity index (χ2v) is 4.81. The summed E-state index contributed by atoms with van der Waals surface area (Å²) in [5, 5.41) is 11.7. The van der Waals surface area contributed by atoms with E-state index in [9.17, 15) is 4.79 Å². The number of hydrogen-bond donors (Lipinski definition) is 2. The molecule has 0 spiro atoms. The lowest BCUT2D eigenvalue weighted by atomic mass is 10.0. The van der Waals surface area contributed by atoms with Crippen LogP contribution in [0.3, 0.4) is 0 Å². The van der Waals surface area contributed by atoms with Gasteiger partial charge in [-0.05, 0) is 37.5 Å². The summed E-state index contributed by atoms with van der Waals surface area (Å²) in [6, 6.07) is 5.76. The molecule has 3 heteroatoms. The van der Waals surface area contributed by atoms with Crippen molar-refractivity contribution >= 4 is 11.6 Å². The Morgan fingerprint density at radius 2 is 2.05 bits per heavy atom. The monoisotopic (exact) mass is 273 g/mol. The first-order chi connectivity index (χ1) is 9.62. The van der Waals surface area contributed by atoms with Gasteiger partial charge in [0.2, 0.25) is 5.91 Å². The maximum absolute atomic E-state index is 12.1. The maximum Gasteiger partial charge on any atom is 0.227 e. The lowest BCUT2D eigenvalue weighted by molar-refractivity contribution is -0.120.